The summed E-state index contributed by atoms with van der Waals surface area (Å²) in [5.41, 5.74) is 0.443. The molecule has 1 amide bonds. The van der Waals surface area contributed by atoms with Crippen LogP contribution in [0.3, 0.4) is 0 Å². The number of rotatable bonds is 4. The SMILES string of the molecule is CCCNc1cncc(C(=O)N2CCCCC2)n1. The van der Waals surface area contributed by atoms with E-state index in [1.807, 2.05) is 4.90 Å². The summed E-state index contributed by atoms with van der Waals surface area (Å²) >= 11 is 0. The molecule has 98 valence electrons. The van der Waals surface area contributed by atoms with Crippen LogP contribution in [0.25, 0.3) is 0 Å². The normalized spacial score (nSPS) is 15.5. The Hall–Kier alpha value is -1.65. The molecule has 1 N–H and O–H groups in total. The Morgan fingerprint density at radius 3 is 2.83 bits per heavy atom. The van der Waals surface area contributed by atoms with E-state index in [-0.39, 0.29) is 5.91 Å². The summed E-state index contributed by atoms with van der Waals surface area (Å²) in [5, 5.41) is 3.15. The van der Waals surface area contributed by atoms with Gasteiger partial charge in [0.15, 0.2) is 0 Å². The number of carbonyl (C=O) groups excluding carboxylic acids is 1. The molecule has 0 unspecified atom stereocenters. The number of carbonyl (C=O) groups is 1. The molecule has 0 aromatic carbocycles. The molecule has 2 heterocycles. The molecule has 5 heteroatoms. The summed E-state index contributed by atoms with van der Waals surface area (Å²) in [6.07, 6.45) is 7.62. The van der Waals surface area contributed by atoms with Crippen LogP contribution in [0.2, 0.25) is 0 Å². The molecule has 1 aliphatic rings. The van der Waals surface area contributed by atoms with Gasteiger partial charge >= 0.3 is 0 Å². The van der Waals surface area contributed by atoms with Crippen molar-refractivity contribution in [3.63, 3.8) is 0 Å². The minimum absolute atomic E-state index is 0.00217. The monoisotopic (exact) mass is 248 g/mol. The molecule has 0 saturated carbocycles. The maximum Gasteiger partial charge on any atom is 0.274 e. The van der Waals surface area contributed by atoms with Gasteiger partial charge in [-0.25, -0.2) is 4.98 Å². The fourth-order valence-electron chi connectivity index (χ4n) is 2.07. The van der Waals surface area contributed by atoms with Crippen molar-refractivity contribution < 1.29 is 4.79 Å². The lowest BCUT2D eigenvalue weighted by Gasteiger charge is -2.26. The van der Waals surface area contributed by atoms with Gasteiger partial charge in [-0.3, -0.25) is 9.78 Å². The molecular weight excluding hydrogens is 228 g/mol. The predicted octanol–water partition coefficient (Wildman–Crippen LogP) is 1.92. The maximum absolute atomic E-state index is 12.2. The number of nitrogens with zero attached hydrogens (tertiary/aromatic N) is 3. The van der Waals surface area contributed by atoms with E-state index in [1.165, 1.54) is 6.42 Å². The molecule has 0 bridgehead atoms. The lowest BCUT2D eigenvalue weighted by Crippen LogP contribution is -2.36. The third kappa shape index (κ3) is 3.18. The summed E-state index contributed by atoms with van der Waals surface area (Å²) in [5.74, 6) is 0.682. The van der Waals surface area contributed by atoms with E-state index in [9.17, 15) is 4.79 Å². The van der Waals surface area contributed by atoms with E-state index < -0.39 is 0 Å². The van der Waals surface area contributed by atoms with Crippen molar-refractivity contribution in [3.05, 3.63) is 18.1 Å². The van der Waals surface area contributed by atoms with Gasteiger partial charge in [-0.15, -0.1) is 0 Å². The minimum atomic E-state index is 0.00217. The Kier molecular flexibility index (Phi) is 4.50. The average molecular weight is 248 g/mol. The molecule has 1 fully saturated rings. The second kappa shape index (κ2) is 6.33. The predicted molar refractivity (Wildman–Crippen MR) is 70.6 cm³/mol. The first kappa shape index (κ1) is 12.8. The standard InChI is InChI=1S/C13H20N4O/c1-2-6-15-12-10-14-9-11(16-12)13(18)17-7-4-3-5-8-17/h9-10H,2-8H2,1H3,(H,15,16). The van der Waals surface area contributed by atoms with Crippen LogP contribution >= 0.6 is 0 Å². The number of likely N-dealkylation sites (tertiary alicyclic amines) is 1. The largest absolute Gasteiger partial charge is 0.369 e. The van der Waals surface area contributed by atoms with Crippen LogP contribution in [0.5, 0.6) is 0 Å². The molecule has 0 aliphatic carbocycles. The number of amides is 1. The van der Waals surface area contributed by atoms with Gasteiger partial charge in [0.1, 0.15) is 11.5 Å². The van der Waals surface area contributed by atoms with Crippen LogP contribution in [0.15, 0.2) is 12.4 Å². The highest BCUT2D eigenvalue weighted by Crippen LogP contribution is 2.12. The van der Waals surface area contributed by atoms with E-state index in [4.69, 9.17) is 0 Å². The lowest BCUT2D eigenvalue weighted by atomic mass is 10.1. The van der Waals surface area contributed by atoms with Gasteiger partial charge in [-0.1, -0.05) is 6.92 Å². The Morgan fingerprint density at radius 1 is 1.33 bits per heavy atom. The number of aromatic nitrogens is 2. The highest BCUT2D eigenvalue weighted by molar-refractivity contribution is 5.92. The summed E-state index contributed by atoms with van der Waals surface area (Å²) in [7, 11) is 0. The molecule has 1 aromatic rings. The van der Waals surface area contributed by atoms with Crippen molar-refractivity contribution in [2.24, 2.45) is 0 Å². The van der Waals surface area contributed by atoms with E-state index in [1.54, 1.807) is 12.4 Å². The highest BCUT2D eigenvalue weighted by Gasteiger charge is 2.19. The average Bonchev–Trinajstić information content (AvgIpc) is 2.45. The van der Waals surface area contributed by atoms with Crippen molar-refractivity contribution in [3.8, 4) is 0 Å². The maximum atomic E-state index is 12.2. The van der Waals surface area contributed by atoms with Gasteiger partial charge in [0.25, 0.3) is 5.91 Å². The van der Waals surface area contributed by atoms with Crippen LogP contribution in [0, 0.1) is 0 Å². The van der Waals surface area contributed by atoms with Crippen molar-refractivity contribution in [2.75, 3.05) is 25.0 Å². The van der Waals surface area contributed by atoms with Crippen molar-refractivity contribution in [2.45, 2.75) is 32.6 Å². The number of hydrogen-bond acceptors (Lipinski definition) is 4. The molecule has 0 spiro atoms. The first-order valence-corrected chi connectivity index (χ1v) is 6.66. The van der Waals surface area contributed by atoms with E-state index in [0.717, 1.165) is 38.9 Å². The van der Waals surface area contributed by atoms with E-state index >= 15 is 0 Å². The zero-order valence-corrected chi connectivity index (χ0v) is 10.9. The van der Waals surface area contributed by atoms with Crippen LogP contribution in [0.1, 0.15) is 43.1 Å². The summed E-state index contributed by atoms with van der Waals surface area (Å²) in [4.78, 5) is 22.5. The van der Waals surface area contributed by atoms with Gasteiger partial charge in [0.2, 0.25) is 0 Å². The fourth-order valence-corrected chi connectivity index (χ4v) is 2.07. The number of piperidine rings is 1. The van der Waals surface area contributed by atoms with Gasteiger partial charge in [-0.05, 0) is 25.7 Å². The van der Waals surface area contributed by atoms with Gasteiger partial charge < -0.3 is 10.2 Å². The zero-order valence-electron chi connectivity index (χ0n) is 10.9. The summed E-state index contributed by atoms with van der Waals surface area (Å²) in [6, 6.07) is 0. The number of anilines is 1. The Labute approximate surface area is 108 Å². The summed E-state index contributed by atoms with van der Waals surface area (Å²) in [6.45, 7) is 4.61. The molecule has 5 nitrogen and oxygen atoms in total. The fraction of sp³-hybridized carbons (Fsp3) is 0.615. The number of hydrogen-bond donors (Lipinski definition) is 1. The third-order valence-electron chi connectivity index (χ3n) is 3.05. The molecule has 18 heavy (non-hydrogen) atoms. The van der Waals surface area contributed by atoms with Gasteiger partial charge in [0, 0.05) is 19.6 Å². The van der Waals surface area contributed by atoms with Crippen molar-refractivity contribution in [1.29, 1.82) is 0 Å². The van der Waals surface area contributed by atoms with Gasteiger partial charge in [0.05, 0.1) is 12.4 Å². The number of nitrogens with one attached hydrogen (secondary N) is 1. The van der Waals surface area contributed by atoms with Crippen LogP contribution in [-0.2, 0) is 0 Å². The molecule has 0 radical (unpaired) electrons. The molecule has 0 atom stereocenters. The molecule has 1 aromatic heterocycles. The quantitative estimate of drug-likeness (QED) is 0.884. The van der Waals surface area contributed by atoms with E-state index in [2.05, 4.69) is 22.2 Å². The first-order valence-electron chi connectivity index (χ1n) is 6.66. The molecular formula is C13H20N4O. The zero-order chi connectivity index (χ0) is 12.8. The van der Waals surface area contributed by atoms with E-state index in [0.29, 0.717) is 11.5 Å². The minimum Gasteiger partial charge on any atom is -0.369 e. The molecule has 1 saturated heterocycles. The second-order valence-corrected chi connectivity index (χ2v) is 4.57. The smallest absolute Gasteiger partial charge is 0.274 e. The van der Waals surface area contributed by atoms with Crippen LogP contribution in [0.4, 0.5) is 5.82 Å². The topological polar surface area (TPSA) is 58.1 Å². The van der Waals surface area contributed by atoms with Crippen LogP contribution in [-0.4, -0.2) is 40.4 Å². The first-order chi connectivity index (χ1) is 8.81. The molecule has 1 aliphatic heterocycles. The van der Waals surface area contributed by atoms with Gasteiger partial charge in [-0.2, -0.15) is 0 Å². The molecule has 2 rings (SSSR count). The Morgan fingerprint density at radius 2 is 2.11 bits per heavy atom. The Balaban J connectivity index is 2.04. The van der Waals surface area contributed by atoms with Crippen molar-refractivity contribution in [1.82, 2.24) is 14.9 Å². The third-order valence-corrected chi connectivity index (χ3v) is 3.05. The van der Waals surface area contributed by atoms with Crippen molar-refractivity contribution >= 4 is 11.7 Å². The Bertz CT molecular complexity index is 402. The lowest BCUT2D eigenvalue weighted by molar-refractivity contribution is 0.0718. The highest BCUT2D eigenvalue weighted by atomic mass is 16.2. The summed E-state index contributed by atoms with van der Waals surface area (Å²) < 4.78 is 0. The van der Waals surface area contributed by atoms with Crippen LogP contribution < -0.4 is 5.32 Å². The second-order valence-electron chi connectivity index (χ2n) is 4.57.